The molecule has 1 aliphatic rings. The molecule has 2 N–H and O–H groups in total. The van der Waals surface area contributed by atoms with Gasteiger partial charge in [-0.05, 0) is 25.2 Å². The lowest BCUT2D eigenvalue weighted by Crippen LogP contribution is -2.45. The van der Waals surface area contributed by atoms with Crippen LogP contribution in [-0.4, -0.2) is 43.7 Å². The predicted octanol–water partition coefficient (Wildman–Crippen LogP) is 1.24. The number of piperidine rings is 1. The normalized spacial score (nSPS) is 19.7. The number of rotatable bonds is 5. The fourth-order valence-corrected chi connectivity index (χ4v) is 2.44. The molecular formula is C13H26N2O2. The molecule has 0 saturated carbocycles. The number of likely N-dealkylation sites (tertiary alicyclic amines) is 1. The summed E-state index contributed by atoms with van der Waals surface area (Å²) in [4.78, 5) is 14.2. The fourth-order valence-electron chi connectivity index (χ4n) is 2.44. The number of amides is 1. The van der Waals surface area contributed by atoms with Gasteiger partial charge in [0.2, 0.25) is 5.91 Å². The summed E-state index contributed by atoms with van der Waals surface area (Å²) < 4.78 is 5.31. The van der Waals surface area contributed by atoms with Crippen LogP contribution in [0.3, 0.4) is 0 Å². The summed E-state index contributed by atoms with van der Waals surface area (Å²) in [6, 6.07) is 0. The summed E-state index contributed by atoms with van der Waals surface area (Å²) in [6.07, 6.45) is 3.10. The fraction of sp³-hybridized carbons (Fsp3) is 0.923. The van der Waals surface area contributed by atoms with E-state index < -0.39 is 0 Å². The lowest BCUT2D eigenvalue weighted by Gasteiger charge is -2.33. The van der Waals surface area contributed by atoms with Gasteiger partial charge in [-0.15, -0.1) is 0 Å². The Morgan fingerprint density at radius 3 is 2.41 bits per heavy atom. The number of ether oxygens (including phenoxy) is 1. The second-order valence-electron chi connectivity index (χ2n) is 5.32. The van der Waals surface area contributed by atoms with Gasteiger partial charge in [0.05, 0.1) is 12.0 Å². The topological polar surface area (TPSA) is 55.6 Å². The van der Waals surface area contributed by atoms with Crippen LogP contribution in [0.25, 0.3) is 0 Å². The van der Waals surface area contributed by atoms with Crippen molar-refractivity contribution >= 4 is 5.91 Å². The van der Waals surface area contributed by atoms with E-state index in [1.54, 1.807) is 7.11 Å². The van der Waals surface area contributed by atoms with E-state index >= 15 is 0 Å². The van der Waals surface area contributed by atoms with Crippen molar-refractivity contribution in [1.29, 1.82) is 0 Å². The molecule has 0 aliphatic carbocycles. The summed E-state index contributed by atoms with van der Waals surface area (Å²) in [7, 11) is 1.74. The average Bonchev–Trinajstić information content (AvgIpc) is 2.35. The molecule has 1 amide bonds. The van der Waals surface area contributed by atoms with Crippen LogP contribution in [0.2, 0.25) is 0 Å². The third-order valence-corrected chi connectivity index (χ3v) is 3.48. The van der Waals surface area contributed by atoms with E-state index in [-0.39, 0.29) is 11.8 Å². The molecule has 4 heteroatoms. The molecule has 100 valence electrons. The van der Waals surface area contributed by atoms with Crippen molar-refractivity contribution in [1.82, 2.24) is 4.90 Å². The van der Waals surface area contributed by atoms with Crippen molar-refractivity contribution in [3.05, 3.63) is 0 Å². The summed E-state index contributed by atoms with van der Waals surface area (Å²) in [5.41, 5.74) is 5.71. The monoisotopic (exact) mass is 242 g/mol. The Morgan fingerprint density at radius 2 is 2.00 bits per heavy atom. The molecule has 0 radical (unpaired) electrons. The Kier molecular flexibility index (Phi) is 5.92. The first kappa shape index (κ1) is 14.5. The quantitative estimate of drug-likeness (QED) is 0.789. The van der Waals surface area contributed by atoms with Crippen molar-refractivity contribution in [2.75, 3.05) is 26.7 Å². The van der Waals surface area contributed by atoms with Crippen molar-refractivity contribution in [3.8, 4) is 0 Å². The van der Waals surface area contributed by atoms with E-state index in [0.717, 1.165) is 32.4 Å². The molecule has 0 spiro atoms. The highest BCUT2D eigenvalue weighted by atomic mass is 16.5. The van der Waals surface area contributed by atoms with Gasteiger partial charge < -0.3 is 15.4 Å². The second kappa shape index (κ2) is 6.97. The molecule has 1 heterocycles. The molecule has 1 saturated heterocycles. The van der Waals surface area contributed by atoms with E-state index in [2.05, 4.69) is 13.8 Å². The minimum atomic E-state index is -0.00547. The Hall–Kier alpha value is -0.610. The highest BCUT2D eigenvalue weighted by Crippen LogP contribution is 2.18. The van der Waals surface area contributed by atoms with Crippen molar-refractivity contribution in [2.45, 2.75) is 39.2 Å². The second-order valence-corrected chi connectivity index (χ2v) is 5.32. The average molecular weight is 242 g/mol. The number of methoxy groups -OCH3 is 1. The highest BCUT2D eigenvalue weighted by Gasteiger charge is 2.27. The maximum atomic E-state index is 12.3. The molecule has 0 aromatic rings. The molecule has 0 bridgehead atoms. The predicted molar refractivity (Wildman–Crippen MR) is 68.6 cm³/mol. The molecule has 1 unspecified atom stereocenters. The largest absolute Gasteiger partial charge is 0.381 e. The van der Waals surface area contributed by atoms with Gasteiger partial charge in [-0.1, -0.05) is 13.8 Å². The van der Waals surface area contributed by atoms with Gasteiger partial charge in [0, 0.05) is 26.7 Å². The molecule has 1 fully saturated rings. The SMILES string of the molecule is COC1CCN(C(=O)C(CN)CC(C)C)CC1. The van der Waals surface area contributed by atoms with Crippen LogP contribution in [0.5, 0.6) is 0 Å². The molecule has 17 heavy (non-hydrogen) atoms. The summed E-state index contributed by atoms with van der Waals surface area (Å²) in [5, 5.41) is 0. The van der Waals surface area contributed by atoms with E-state index in [0.29, 0.717) is 18.6 Å². The first-order chi connectivity index (χ1) is 8.08. The number of nitrogens with two attached hydrogens (primary N) is 1. The maximum Gasteiger partial charge on any atom is 0.226 e. The summed E-state index contributed by atoms with van der Waals surface area (Å²) in [6.45, 7) is 6.35. The van der Waals surface area contributed by atoms with Gasteiger partial charge in [0.25, 0.3) is 0 Å². The summed E-state index contributed by atoms with van der Waals surface area (Å²) in [5.74, 6) is 0.744. The molecule has 1 rings (SSSR count). The number of hydrogen-bond acceptors (Lipinski definition) is 3. The van der Waals surface area contributed by atoms with Gasteiger partial charge >= 0.3 is 0 Å². The zero-order valence-corrected chi connectivity index (χ0v) is 11.3. The van der Waals surface area contributed by atoms with Crippen LogP contribution >= 0.6 is 0 Å². The van der Waals surface area contributed by atoms with Gasteiger partial charge in [0.15, 0.2) is 0 Å². The van der Waals surface area contributed by atoms with Crippen molar-refractivity contribution in [3.63, 3.8) is 0 Å². The zero-order chi connectivity index (χ0) is 12.8. The number of carbonyl (C=O) groups is 1. The molecular weight excluding hydrogens is 216 g/mol. The van der Waals surface area contributed by atoms with Crippen LogP contribution in [0.1, 0.15) is 33.1 Å². The van der Waals surface area contributed by atoms with Gasteiger partial charge in [-0.25, -0.2) is 0 Å². The van der Waals surface area contributed by atoms with Gasteiger partial charge in [-0.3, -0.25) is 4.79 Å². The van der Waals surface area contributed by atoms with Crippen molar-refractivity contribution < 1.29 is 9.53 Å². The lowest BCUT2D eigenvalue weighted by atomic mass is 9.95. The molecule has 1 atom stereocenters. The van der Waals surface area contributed by atoms with Crippen LogP contribution in [0, 0.1) is 11.8 Å². The van der Waals surface area contributed by atoms with E-state index in [1.807, 2.05) is 4.90 Å². The minimum absolute atomic E-state index is 0.00547. The van der Waals surface area contributed by atoms with E-state index in [4.69, 9.17) is 10.5 Å². The Balaban J connectivity index is 2.46. The molecule has 0 aromatic heterocycles. The first-order valence-electron chi connectivity index (χ1n) is 6.60. The third kappa shape index (κ3) is 4.28. The lowest BCUT2D eigenvalue weighted by molar-refractivity contribution is -0.138. The van der Waals surface area contributed by atoms with Crippen LogP contribution in [0.15, 0.2) is 0 Å². The van der Waals surface area contributed by atoms with E-state index in [9.17, 15) is 4.79 Å². The standard InChI is InChI=1S/C13H26N2O2/c1-10(2)8-11(9-14)13(16)15-6-4-12(17-3)5-7-15/h10-12H,4-9,14H2,1-3H3. The van der Waals surface area contributed by atoms with Gasteiger partial charge in [0.1, 0.15) is 0 Å². The molecule has 0 aromatic carbocycles. The molecule has 4 nitrogen and oxygen atoms in total. The van der Waals surface area contributed by atoms with Gasteiger partial charge in [-0.2, -0.15) is 0 Å². The Bertz CT molecular complexity index is 236. The number of carbonyl (C=O) groups excluding carboxylic acids is 1. The first-order valence-corrected chi connectivity index (χ1v) is 6.60. The number of nitrogens with zero attached hydrogens (tertiary/aromatic N) is 1. The number of hydrogen-bond donors (Lipinski definition) is 1. The van der Waals surface area contributed by atoms with Crippen LogP contribution < -0.4 is 5.73 Å². The van der Waals surface area contributed by atoms with E-state index in [1.165, 1.54) is 0 Å². The smallest absolute Gasteiger partial charge is 0.226 e. The van der Waals surface area contributed by atoms with Crippen LogP contribution in [-0.2, 0) is 9.53 Å². The maximum absolute atomic E-state index is 12.3. The highest BCUT2D eigenvalue weighted by molar-refractivity contribution is 5.79. The third-order valence-electron chi connectivity index (χ3n) is 3.48. The van der Waals surface area contributed by atoms with Crippen molar-refractivity contribution in [2.24, 2.45) is 17.6 Å². The van der Waals surface area contributed by atoms with Crippen LogP contribution in [0.4, 0.5) is 0 Å². The summed E-state index contributed by atoms with van der Waals surface area (Å²) >= 11 is 0. The Morgan fingerprint density at radius 1 is 1.41 bits per heavy atom. The Labute approximate surface area is 104 Å². The molecule has 1 aliphatic heterocycles. The minimum Gasteiger partial charge on any atom is -0.381 e. The zero-order valence-electron chi connectivity index (χ0n) is 11.3.